The average Bonchev–Trinajstić information content (AvgIpc) is 3.49. The topological polar surface area (TPSA) is 29.5 Å². The SMILES string of the molecule is C=C(CCCCCCCCC(CCCCCCCCCC)CCC(=O)C1CCN(C)C1)OCCCC(CCCCC)CCCCC. The number of hydrogen-bond acceptors (Lipinski definition) is 3. The molecule has 0 spiro atoms. The van der Waals surface area contributed by atoms with Crippen molar-refractivity contribution in [3.05, 3.63) is 12.3 Å². The second kappa shape index (κ2) is 31.4. The molecule has 0 N–H and O–H groups in total. The first-order valence-corrected chi connectivity index (χ1v) is 21.0. The molecule has 272 valence electrons. The highest BCUT2D eigenvalue weighted by Gasteiger charge is 2.26. The van der Waals surface area contributed by atoms with Crippen molar-refractivity contribution in [1.82, 2.24) is 4.90 Å². The van der Waals surface area contributed by atoms with E-state index >= 15 is 0 Å². The zero-order valence-electron chi connectivity index (χ0n) is 32.0. The summed E-state index contributed by atoms with van der Waals surface area (Å²) in [5, 5.41) is 0. The van der Waals surface area contributed by atoms with Crippen molar-refractivity contribution in [2.24, 2.45) is 17.8 Å². The van der Waals surface area contributed by atoms with Gasteiger partial charge in [-0.05, 0) is 57.5 Å². The quantitative estimate of drug-likeness (QED) is 0.0507. The molecule has 3 heteroatoms. The van der Waals surface area contributed by atoms with Crippen molar-refractivity contribution >= 4 is 5.78 Å². The summed E-state index contributed by atoms with van der Waals surface area (Å²) in [7, 11) is 2.16. The maximum Gasteiger partial charge on any atom is 0.137 e. The molecule has 3 nitrogen and oxygen atoms in total. The summed E-state index contributed by atoms with van der Waals surface area (Å²) in [6.07, 6.45) is 39.3. The smallest absolute Gasteiger partial charge is 0.137 e. The number of carbonyl (C=O) groups is 1. The third kappa shape index (κ3) is 25.2. The first-order chi connectivity index (χ1) is 22.5. The minimum atomic E-state index is 0.309. The van der Waals surface area contributed by atoms with Gasteiger partial charge in [0.25, 0.3) is 0 Å². The molecule has 1 saturated heterocycles. The van der Waals surface area contributed by atoms with E-state index in [1.807, 2.05) is 0 Å². The van der Waals surface area contributed by atoms with Crippen LogP contribution in [-0.2, 0) is 9.53 Å². The Morgan fingerprint density at radius 1 is 0.609 bits per heavy atom. The number of ketones is 1. The largest absolute Gasteiger partial charge is 0.499 e. The van der Waals surface area contributed by atoms with Crippen LogP contribution >= 0.6 is 0 Å². The molecule has 1 fully saturated rings. The molecule has 0 bridgehead atoms. The minimum Gasteiger partial charge on any atom is -0.499 e. The molecule has 1 aliphatic rings. The fourth-order valence-corrected chi connectivity index (χ4v) is 7.67. The molecule has 0 aromatic carbocycles. The number of allylic oxidation sites excluding steroid dienone is 1. The molecule has 1 aliphatic heterocycles. The summed E-state index contributed by atoms with van der Waals surface area (Å²) in [4.78, 5) is 15.2. The van der Waals surface area contributed by atoms with Crippen LogP contribution in [0.15, 0.2) is 12.3 Å². The van der Waals surface area contributed by atoms with Crippen molar-refractivity contribution in [1.29, 1.82) is 0 Å². The van der Waals surface area contributed by atoms with E-state index in [1.165, 1.54) is 167 Å². The molecule has 0 amide bonds. The molecule has 0 aromatic rings. The molecule has 0 saturated carbocycles. The van der Waals surface area contributed by atoms with Gasteiger partial charge >= 0.3 is 0 Å². The zero-order chi connectivity index (χ0) is 33.5. The highest BCUT2D eigenvalue weighted by atomic mass is 16.5. The van der Waals surface area contributed by atoms with E-state index in [0.717, 1.165) is 63.0 Å². The molecule has 2 atom stereocenters. The Morgan fingerprint density at radius 3 is 1.57 bits per heavy atom. The van der Waals surface area contributed by atoms with Gasteiger partial charge in [0, 0.05) is 25.3 Å². The highest BCUT2D eigenvalue weighted by molar-refractivity contribution is 5.81. The number of rotatable bonds is 35. The Bertz CT molecular complexity index is 680. The number of ether oxygens (including phenoxy) is 1. The van der Waals surface area contributed by atoms with Crippen LogP contribution in [0.3, 0.4) is 0 Å². The lowest BCUT2D eigenvalue weighted by molar-refractivity contribution is -0.122. The molecule has 1 rings (SSSR count). The van der Waals surface area contributed by atoms with Crippen molar-refractivity contribution < 1.29 is 9.53 Å². The van der Waals surface area contributed by atoms with Crippen molar-refractivity contribution in [3.8, 4) is 0 Å². The molecule has 0 aliphatic carbocycles. The van der Waals surface area contributed by atoms with Gasteiger partial charge in [0.05, 0.1) is 12.4 Å². The monoisotopic (exact) mass is 646 g/mol. The Hall–Kier alpha value is -0.830. The molecular formula is C43H83NO2. The minimum absolute atomic E-state index is 0.309. The summed E-state index contributed by atoms with van der Waals surface area (Å²) >= 11 is 0. The van der Waals surface area contributed by atoms with Gasteiger partial charge in [-0.15, -0.1) is 0 Å². The standard InChI is InChI=1S/C43H83NO2/c1-6-9-12-13-14-15-19-24-30-41(33-34-43(45)42-35-36-44(5)38-42)31-25-20-17-16-18-23-27-39(4)46-37-26-32-40(28-21-10-7-2)29-22-11-8-3/h40-42H,4,6-38H2,1-3,5H3. The van der Waals surface area contributed by atoms with E-state index in [4.69, 9.17) is 4.74 Å². The molecule has 46 heavy (non-hydrogen) atoms. The van der Waals surface area contributed by atoms with Gasteiger partial charge in [0.2, 0.25) is 0 Å². The van der Waals surface area contributed by atoms with Crippen LogP contribution in [0.2, 0.25) is 0 Å². The summed E-state index contributed by atoms with van der Waals surface area (Å²) < 4.78 is 6.04. The van der Waals surface area contributed by atoms with Crippen LogP contribution in [-0.4, -0.2) is 37.4 Å². The van der Waals surface area contributed by atoms with E-state index < -0.39 is 0 Å². The zero-order valence-corrected chi connectivity index (χ0v) is 32.0. The van der Waals surface area contributed by atoms with Crippen LogP contribution in [0, 0.1) is 17.8 Å². The van der Waals surface area contributed by atoms with E-state index in [0.29, 0.717) is 11.7 Å². The normalized spacial score (nSPS) is 16.0. The average molecular weight is 646 g/mol. The van der Waals surface area contributed by atoms with Crippen LogP contribution in [0.25, 0.3) is 0 Å². The maximum absolute atomic E-state index is 12.9. The number of hydrogen-bond donors (Lipinski definition) is 0. The van der Waals surface area contributed by atoms with Crippen molar-refractivity contribution in [2.75, 3.05) is 26.7 Å². The van der Waals surface area contributed by atoms with Gasteiger partial charge in [-0.2, -0.15) is 0 Å². The first-order valence-electron chi connectivity index (χ1n) is 21.0. The van der Waals surface area contributed by atoms with Gasteiger partial charge in [-0.3, -0.25) is 4.79 Å². The number of unbranched alkanes of at least 4 members (excludes halogenated alkanes) is 16. The number of nitrogens with zero attached hydrogens (tertiary/aromatic N) is 1. The third-order valence-corrected chi connectivity index (χ3v) is 10.9. The Morgan fingerprint density at radius 2 is 1.04 bits per heavy atom. The molecule has 2 unspecified atom stereocenters. The number of likely N-dealkylation sites (tertiary alicyclic amines) is 1. The lowest BCUT2D eigenvalue weighted by atomic mass is 9.88. The summed E-state index contributed by atoms with van der Waals surface area (Å²) in [5.41, 5.74) is 0. The maximum atomic E-state index is 12.9. The Kier molecular flexibility index (Phi) is 29.5. The molecule has 0 radical (unpaired) electrons. The highest BCUT2D eigenvalue weighted by Crippen LogP contribution is 2.27. The third-order valence-electron chi connectivity index (χ3n) is 10.9. The predicted molar refractivity (Wildman–Crippen MR) is 204 cm³/mol. The van der Waals surface area contributed by atoms with E-state index in [-0.39, 0.29) is 0 Å². The van der Waals surface area contributed by atoms with Crippen molar-refractivity contribution in [2.45, 2.75) is 213 Å². The molecule has 0 aromatic heterocycles. The fourth-order valence-electron chi connectivity index (χ4n) is 7.67. The van der Waals surface area contributed by atoms with Crippen LogP contribution in [0.5, 0.6) is 0 Å². The van der Waals surface area contributed by atoms with Gasteiger partial charge in [0.15, 0.2) is 0 Å². The molecule has 1 heterocycles. The van der Waals surface area contributed by atoms with Gasteiger partial charge in [-0.25, -0.2) is 0 Å². The Labute approximate surface area is 289 Å². The summed E-state index contributed by atoms with van der Waals surface area (Å²) in [6.45, 7) is 14.1. The number of Topliss-reactive ketones (excluding diaryl/α,β-unsaturated/α-hetero) is 1. The lowest BCUT2D eigenvalue weighted by Gasteiger charge is -2.18. The second-order valence-electron chi connectivity index (χ2n) is 15.4. The van der Waals surface area contributed by atoms with Gasteiger partial charge < -0.3 is 9.64 Å². The van der Waals surface area contributed by atoms with Crippen LogP contribution < -0.4 is 0 Å². The van der Waals surface area contributed by atoms with E-state index in [9.17, 15) is 4.79 Å². The number of carbonyl (C=O) groups excluding carboxylic acids is 1. The fraction of sp³-hybridized carbons (Fsp3) is 0.930. The van der Waals surface area contributed by atoms with Gasteiger partial charge in [0.1, 0.15) is 5.78 Å². The first kappa shape index (κ1) is 43.2. The predicted octanol–water partition coefficient (Wildman–Crippen LogP) is 13.6. The van der Waals surface area contributed by atoms with E-state index in [2.05, 4.69) is 39.3 Å². The second-order valence-corrected chi connectivity index (χ2v) is 15.4. The summed E-state index contributed by atoms with van der Waals surface area (Å²) in [5.74, 6) is 3.52. The van der Waals surface area contributed by atoms with Crippen LogP contribution in [0.1, 0.15) is 213 Å². The molecular weight excluding hydrogens is 562 g/mol. The van der Waals surface area contributed by atoms with Gasteiger partial charge in [-0.1, -0.05) is 175 Å². The van der Waals surface area contributed by atoms with E-state index in [1.54, 1.807) is 0 Å². The lowest BCUT2D eigenvalue weighted by Crippen LogP contribution is -2.20. The van der Waals surface area contributed by atoms with Crippen molar-refractivity contribution in [3.63, 3.8) is 0 Å². The summed E-state index contributed by atoms with van der Waals surface area (Å²) in [6, 6.07) is 0. The Balaban J connectivity index is 2.17. The van der Waals surface area contributed by atoms with Crippen LogP contribution in [0.4, 0.5) is 0 Å².